The molecule has 0 unspecified atom stereocenters. The van der Waals surface area contributed by atoms with Gasteiger partial charge in [0.05, 0.1) is 13.2 Å². The van der Waals surface area contributed by atoms with Gasteiger partial charge in [0.2, 0.25) is 11.8 Å². The number of hydrogen-bond donors (Lipinski definition) is 0. The number of aromatic nitrogens is 2. The molecule has 21 heavy (non-hydrogen) atoms. The van der Waals surface area contributed by atoms with Crippen molar-refractivity contribution < 1.29 is 9.15 Å². The van der Waals surface area contributed by atoms with Crippen molar-refractivity contribution in [2.45, 2.75) is 50.5 Å². The summed E-state index contributed by atoms with van der Waals surface area (Å²) >= 11 is 0. The lowest BCUT2D eigenvalue weighted by atomic mass is 9.78. The van der Waals surface area contributed by atoms with Gasteiger partial charge in [-0.2, -0.15) is 0 Å². The number of likely N-dealkylation sites (tertiary alicyclic amines) is 1. The van der Waals surface area contributed by atoms with Crippen molar-refractivity contribution in [2.24, 2.45) is 11.3 Å². The molecule has 5 heteroatoms. The van der Waals surface area contributed by atoms with Crippen LogP contribution in [0.3, 0.4) is 0 Å². The van der Waals surface area contributed by atoms with Gasteiger partial charge in [-0.05, 0) is 25.7 Å². The molecular weight excluding hydrogens is 266 g/mol. The van der Waals surface area contributed by atoms with E-state index in [0.29, 0.717) is 11.8 Å². The van der Waals surface area contributed by atoms with Gasteiger partial charge in [0.15, 0.2) is 0 Å². The second-order valence-electron chi connectivity index (χ2n) is 7.57. The quantitative estimate of drug-likeness (QED) is 0.848. The van der Waals surface area contributed by atoms with Crippen LogP contribution in [0.4, 0.5) is 0 Å². The van der Waals surface area contributed by atoms with E-state index in [1.807, 2.05) is 0 Å². The molecule has 2 atom stereocenters. The highest BCUT2D eigenvalue weighted by atomic mass is 16.5. The van der Waals surface area contributed by atoms with Gasteiger partial charge in [0.25, 0.3) is 0 Å². The van der Waals surface area contributed by atoms with Crippen LogP contribution in [0.2, 0.25) is 0 Å². The minimum absolute atomic E-state index is 0.225. The van der Waals surface area contributed by atoms with Crippen LogP contribution in [0.25, 0.3) is 0 Å². The predicted octanol–water partition coefficient (Wildman–Crippen LogP) is 1.99. The molecule has 2 saturated heterocycles. The molecule has 114 valence electrons. The molecule has 2 aliphatic heterocycles. The van der Waals surface area contributed by atoms with Gasteiger partial charge in [-0.1, -0.05) is 6.42 Å². The lowest BCUT2D eigenvalue weighted by molar-refractivity contribution is 0.0883. The predicted molar refractivity (Wildman–Crippen MR) is 75.9 cm³/mol. The molecule has 0 amide bonds. The van der Waals surface area contributed by atoms with Crippen LogP contribution in [0.5, 0.6) is 0 Å². The summed E-state index contributed by atoms with van der Waals surface area (Å²) in [6.07, 6.45) is 7.51. The third-order valence-electron chi connectivity index (χ3n) is 6.05. The van der Waals surface area contributed by atoms with Crippen molar-refractivity contribution in [3.63, 3.8) is 0 Å². The SMILES string of the molecule is C1CC(N2C[C@H]3COC[C@@]3(Cc3nnc(C4CC4)o3)C2)C1. The monoisotopic (exact) mass is 289 g/mol. The van der Waals surface area contributed by atoms with Gasteiger partial charge < -0.3 is 9.15 Å². The Kier molecular flexibility index (Phi) is 2.71. The topological polar surface area (TPSA) is 51.4 Å². The fourth-order valence-electron chi connectivity index (χ4n) is 4.29. The van der Waals surface area contributed by atoms with Crippen LogP contribution in [-0.4, -0.2) is 47.4 Å². The van der Waals surface area contributed by atoms with E-state index in [4.69, 9.17) is 9.15 Å². The van der Waals surface area contributed by atoms with Crippen molar-refractivity contribution >= 4 is 0 Å². The number of rotatable bonds is 4. The summed E-state index contributed by atoms with van der Waals surface area (Å²) in [7, 11) is 0. The fraction of sp³-hybridized carbons (Fsp3) is 0.875. The van der Waals surface area contributed by atoms with Crippen molar-refractivity contribution in [1.82, 2.24) is 15.1 Å². The average Bonchev–Trinajstić information content (AvgIpc) is 2.89. The van der Waals surface area contributed by atoms with Gasteiger partial charge in [-0.15, -0.1) is 10.2 Å². The zero-order valence-corrected chi connectivity index (χ0v) is 12.5. The van der Waals surface area contributed by atoms with E-state index in [9.17, 15) is 0 Å². The van der Waals surface area contributed by atoms with Crippen LogP contribution in [0.1, 0.15) is 49.8 Å². The Bertz CT molecular complexity index is 537. The molecule has 1 aromatic rings. The smallest absolute Gasteiger partial charge is 0.219 e. The molecule has 1 aromatic heterocycles. The molecule has 0 aromatic carbocycles. The number of ether oxygens (including phenoxy) is 1. The minimum atomic E-state index is 0.225. The molecule has 5 nitrogen and oxygen atoms in total. The molecular formula is C16H23N3O2. The highest BCUT2D eigenvalue weighted by Crippen LogP contribution is 2.46. The third kappa shape index (κ3) is 2.05. The van der Waals surface area contributed by atoms with Crippen molar-refractivity contribution in [3.8, 4) is 0 Å². The Morgan fingerprint density at radius 2 is 2.10 bits per heavy atom. The first-order chi connectivity index (χ1) is 10.3. The van der Waals surface area contributed by atoms with E-state index in [1.54, 1.807) is 0 Å². The summed E-state index contributed by atoms with van der Waals surface area (Å²) in [5.74, 6) is 2.90. The standard InChI is InChI=1S/C16H23N3O2/c1-2-13(3-1)19-7-12-8-20-10-16(12,9-19)6-14-17-18-15(21-14)11-4-5-11/h11-13H,1-10H2/t12-,16+/m0/s1. The molecule has 3 heterocycles. The first-order valence-corrected chi connectivity index (χ1v) is 8.46. The Hall–Kier alpha value is -0.940. The highest BCUT2D eigenvalue weighted by molar-refractivity contribution is 5.07. The summed E-state index contributed by atoms with van der Waals surface area (Å²) in [5.41, 5.74) is 0.225. The first-order valence-electron chi connectivity index (χ1n) is 8.46. The molecule has 2 aliphatic carbocycles. The van der Waals surface area contributed by atoms with Crippen LogP contribution < -0.4 is 0 Å². The van der Waals surface area contributed by atoms with Gasteiger partial charge in [0.1, 0.15) is 0 Å². The lowest BCUT2D eigenvalue weighted by Crippen LogP contribution is -2.41. The molecule has 4 aliphatic rings. The average molecular weight is 289 g/mol. The Balaban J connectivity index is 1.34. The first kappa shape index (κ1) is 12.6. The van der Waals surface area contributed by atoms with Crippen molar-refractivity contribution in [1.29, 1.82) is 0 Å². The highest BCUT2D eigenvalue weighted by Gasteiger charge is 2.53. The number of hydrogen-bond acceptors (Lipinski definition) is 5. The number of fused-ring (bicyclic) bond motifs is 1. The summed E-state index contributed by atoms with van der Waals surface area (Å²) in [6.45, 7) is 4.13. The Labute approximate surface area is 125 Å². The fourth-order valence-corrected chi connectivity index (χ4v) is 4.29. The van der Waals surface area contributed by atoms with Crippen molar-refractivity contribution in [2.75, 3.05) is 26.3 Å². The minimum Gasteiger partial charge on any atom is -0.425 e. The van der Waals surface area contributed by atoms with Gasteiger partial charge in [-0.3, -0.25) is 4.90 Å². The summed E-state index contributed by atoms with van der Waals surface area (Å²) in [6, 6.07) is 0.831. The normalized spacial score (nSPS) is 36.9. The van der Waals surface area contributed by atoms with Crippen LogP contribution in [-0.2, 0) is 11.2 Å². The van der Waals surface area contributed by atoms with Gasteiger partial charge in [0, 0.05) is 42.8 Å². The Morgan fingerprint density at radius 3 is 2.86 bits per heavy atom. The van der Waals surface area contributed by atoms with E-state index in [1.165, 1.54) is 38.6 Å². The zero-order chi connectivity index (χ0) is 13.9. The van der Waals surface area contributed by atoms with E-state index < -0.39 is 0 Å². The van der Waals surface area contributed by atoms with E-state index >= 15 is 0 Å². The molecule has 2 saturated carbocycles. The van der Waals surface area contributed by atoms with Crippen molar-refractivity contribution in [3.05, 3.63) is 11.8 Å². The molecule has 4 fully saturated rings. The molecule has 0 bridgehead atoms. The second kappa shape index (κ2) is 4.53. The maximum atomic E-state index is 5.91. The molecule has 0 radical (unpaired) electrons. The Morgan fingerprint density at radius 1 is 1.19 bits per heavy atom. The maximum absolute atomic E-state index is 5.91. The van der Waals surface area contributed by atoms with E-state index in [0.717, 1.165) is 44.0 Å². The maximum Gasteiger partial charge on any atom is 0.219 e. The second-order valence-corrected chi connectivity index (χ2v) is 7.57. The number of nitrogens with zero attached hydrogens (tertiary/aromatic N) is 3. The summed E-state index contributed by atoms with van der Waals surface area (Å²) in [5, 5.41) is 8.55. The lowest BCUT2D eigenvalue weighted by Gasteiger charge is -2.36. The summed E-state index contributed by atoms with van der Waals surface area (Å²) in [4.78, 5) is 2.70. The largest absolute Gasteiger partial charge is 0.425 e. The van der Waals surface area contributed by atoms with E-state index in [-0.39, 0.29) is 5.41 Å². The molecule has 0 spiro atoms. The summed E-state index contributed by atoms with van der Waals surface area (Å²) < 4.78 is 11.7. The van der Waals surface area contributed by atoms with Gasteiger partial charge >= 0.3 is 0 Å². The van der Waals surface area contributed by atoms with Crippen LogP contribution in [0.15, 0.2) is 4.42 Å². The van der Waals surface area contributed by atoms with Crippen LogP contribution in [0, 0.1) is 11.3 Å². The third-order valence-corrected chi connectivity index (χ3v) is 6.05. The molecule has 5 rings (SSSR count). The van der Waals surface area contributed by atoms with Crippen LogP contribution >= 0.6 is 0 Å². The van der Waals surface area contributed by atoms with Gasteiger partial charge in [-0.25, -0.2) is 0 Å². The van der Waals surface area contributed by atoms with E-state index in [2.05, 4.69) is 15.1 Å². The molecule has 0 N–H and O–H groups in total. The zero-order valence-electron chi connectivity index (χ0n) is 12.5.